The fourth-order valence-corrected chi connectivity index (χ4v) is 4.27. The number of nitriles is 1. The van der Waals surface area contributed by atoms with Crippen molar-refractivity contribution in [1.82, 2.24) is 14.8 Å². The van der Waals surface area contributed by atoms with Gasteiger partial charge in [-0.1, -0.05) is 60.3 Å². The van der Waals surface area contributed by atoms with E-state index in [0.717, 1.165) is 12.0 Å². The van der Waals surface area contributed by atoms with Gasteiger partial charge in [-0.05, 0) is 42.3 Å². The minimum absolute atomic E-state index is 0.159. The predicted octanol–water partition coefficient (Wildman–Crippen LogP) is 4.80. The number of aryl methyl sites for hydroxylation is 1. The summed E-state index contributed by atoms with van der Waals surface area (Å²) in [6.45, 7) is 0.651. The van der Waals surface area contributed by atoms with Crippen molar-refractivity contribution in [3.05, 3.63) is 90.0 Å². The molecule has 0 atom stereocenters. The summed E-state index contributed by atoms with van der Waals surface area (Å²) in [6.07, 6.45) is 0.793. The number of amides is 1. The SMILES string of the molecule is COc1ccccc1-c1nnc(SCC(=O)Nc2cccc(C#N)c2)n1CCc1ccccc1. The van der Waals surface area contributed by atoms with E-state index >= 15 is 0 Å². The molecule has 0 bridgehead atoms. The number of nitrogens with one attached hydrogen (secondary N) is 1. The van der Waals surface area contributed by atoms with Gasteiger partial charge in [0, 0.05) is 12.2 Å². The fraction of sp³-hybridized carbons (Fsp3) is 0.154. The largest absolute Gasteiger partial charge is 0.496 e. The summed E-state index contributed by atoms with van der Waals surface area (Å²) in [4.78, 5) is 12.6. The molecule has 4 rings (SSSR count). The molecule has 1 heterocycles. The fourth-order valence-electron chi connectivity index (χ4n) is 3.50. The number of benzene rings is 3. The van der Waals surface area contributed by atoms with Crippen LogP contribution < -0.4 is 10.1 Å². The zero-order valence-electron chi connectivity index (χ0n) is 18.6. The lowest BCUT2D eigenvalue weighted by atomic mass is 10.1. The number of rotatable bonds is 9. The third-order valence-corrected chi connectivity index (χ3v) is 6.11. The van der Waals surface area contributed by atoms with Crippen LogP contribution in [0.25, 0.3) is 11.4 Å². The molecule has 3 aromatic carbocycles. The molecule has 1 amide bonds. The normalized spacial score (nSPS) is 10.5. The highest BCUT2D eigenvalue weighted by Crippen LogP contribution is 2.31. The second-order valence-electron chi connectivity index (χ2n) is 7.42. The standard InChI is InChI=1S/C26H23N5O2S/c1-33-23-13-6-5-12-22(23)25-29-30-26(31(25)15-14-19-8-3-2-4-9-19)34-18-24(32)28-21-11-7-10-20(16-21)17-27/h2-13,16H,14-15,18H2,1H3,(H,28,32). The number of para-hydroxylation sites is 1. The van der Waals surface area contributed by atoms with Gasteiger partial charge in [0.15, 0.2) is 11.0 Å². The maximum Gasteiger partial charge on any atom is 0.234 e. The Morgan fingerprint density at radius 2 is 1.85 bits per heavy atom. The van der Waals surface area contributed by atoms with E-state index in [4.69, 9.17) is 10.00 Å². The summed E-state index contributed by atoms with van der Waals surface area (Å²) >= 11 is 1.32. The third kappa shape index (κ3) is 5.63. The zero-order chi connectivity index (χ0) is 23.8. The summed E-state index contributed by atoms with van der Waals surface area (Å²) in [5.74, 6) is 1.38. The van der Waals surface area contributed by atoms with E-state index in [-0.39, 0.29) is 11.7 Å². The number of hydrogen-bond donors (Lipinski definition) is 1. The third-order valence-electron chi connectivity index (χ3n) is 5.14. The van der Waals surface area contributed by atoms with Gasteiger partial charge in [0.05, 0.1) is 30.1 Å². The molecule has 34 heavy (non-hydrogen) atoms. The summed E-state index contributed by atoms with van der Waals surface area (Å²) in [6, 6.07) is 26.8. The van der Waals surface area contributed by atoms with E-state index in [0.29, 0.717) is 34.5 Å². The predicted molar refractivity (Wildman–Crippen MR) is 133 cm³/mol. The van der Waals surface area contributed by atoms with Crippen molar-refractivity contribution in [2.75, 3.05) is 18.2 Å². The molecule has 4 aromatic rings. The van der Waals surface area contributed by atoms with Crippen molar-refractivity contribution in [3.8, 4) is 23.2 Å². The number of nitrogens with zero attached hydrogens (tertiary/aromatic N) is 4. The first-order chi connectivity index (χ1) is 16.7. The molecule has 0 unspecified atom stereocenters. The highest BCUT2D eigenvalue weighted by atomic mass is 32.2. The molecule has 1 aromatic heterocycles. The number of carbonyl (C=O) groups excluding carboxylic acids is 1. The van der Waals surface area contributed by atoms with Gasteiger partial charge in [0.25, 0.3) is 0 Å². The molecule has 7 nitrogen and oxygen atoms in total. The summed E-state index contributed by atoms with van der Waals surface area (Å²) < 4.78 is 7.56. The average Bonchev–Trinajstić information content (AvgIpc) is 3.29. The van der Waals surface area contributed by atoms with Crippen LogP contribution in [0.4, 0.5) is 5.69 Å². The van der Waals surface area contributed by atoms with Crippen molar-refractivity contribution in [2.24, 2.45) is 0 Å². The molecule has 8 heteroatoms. The van der Waals surface area contributed by atoms with Gasteiger partial charge in [0.2, 0.25) is 5.91 Å². The smallest absolute Gasteiger partial charge is 0.234 e. The van der Waals surface area contributed by atoms with E-state index < -0.39 is 0 Å². The van der Waals surface area contributed by atoms with Crippen LogP contribution in [0.1, 0.15) is 11.1 Å². The monoisotopic (exact) mass is 469 g/mol. The Morgan fingerprint density at radius 3 is 2.65 bits per heavy atom. The molecule has 170 valence electrons. The van der Waals surface area contributed by atoms with Crippen molar-refractivity contribution in [3.63, 3.8) is 0 Å². The van der Waals surface area contributed by atoms with Gasteiger partial charge in [-0.3, -0.25) is 4.79 Å². The Bertz CT molecular complexity index is 1310. The zero-order valence-corrected chi connectivity index (χ0v) is 19.5. The first-order valence-corrected chi connectivity index (χ1v) is 11.7. The highest BCUT2D eigenvalue weighted by molar-refractivity contribution is 7.99. The number of ether oxygens (including phenoxy) is 1. The van der Waals surface area contributed by atoms with Crippen LogP contribution in [0.15, 0.2) is 84.0 Å². The second-order valence-corrected chi connectivity index (χ2v) is 8.37. The molecule has 0 saturated heterocycles. The number of hydrogen-bond acceptors (Lipinski definition) is 6. The summed E-state index contributed by atoms with van der Waals surface area (Å²) in [7, 11) is 1.63. The van der Waals surface area contributed by atoms with Crippen LogP contribution in [-0.2, 0) is 17.8 Å². The molecule has 0 aliphatic heterocycles. The van der Waals surface area contributed by atoms with Crippen LogP contribution in [-0.4, -0.2) is 33.5 Å². The number of aromatic nitrogens is 3. The van der Waals surface area contributed by atoms with Crippen molar-refractivity contribution in [2.45, 2.75) is 18.1 Å². The van der Waals surface area contributed by atoms with Gasteiger partial charge in [-0.2, -0.15) is 5.26 Å². The Balaban J connectivity index is 1.54. The molecule has 1 N–H and O–H groups in total. The molecule has 0 aliphatic carbocycles. The highest BCUT2D eigenvalue weighted by Gasteiger charge is 2.18. The summed E-state index contributed by atoms with van der Waals surface area (Å²) in [5, 5.41) is 21.4. The minimum Gasteiger partial charge on any atom is -0.496 e. The number of anilines is 1. The first-order valence-electron chi connectivity index (χ1n) is 10.7. The lowest BCUT2D eigenvalue weighted by molar-refractivity contribution is -0.113. The van der Waals surface area contributed by atoms with Crippen LogP contribution in [0.3, 0.4) is 0 Å². The van der Waals surface area contributed by atoms with Crippen LogP contribution in [0.2, 0.25) is 0 Å². The minimum atomic E-state index is -0.184. The molecule has 0 saturated carbocycles. The van der Waals surface area contributed by atoms with Crippen molar-refractivity contribution in [1.29, 1.82) is 5.26 Å². The topological polar surface area (TPSA) is 92.8 Å². The Morgan fingerprint density at radius 1 is 1.06 bits per heavy atom. The molecule has 0 radical (unpaired) electrons. The van der Waals surface area contributed by atoms with Gasteiger partial charge >= 0.3 is 0 Å². The molecule has 0 fully saturated rings. The quantitative estimate of drug-likeness (QED) is 0.354. The molecule has 0 spiro atoms. The average molecular weight is 470 g/mol. The van der Waals surface area contributed by atoms with E-state index in [1.165, 1.54) is 17.3 Å². The van der Waals surface area contributed by atoms with Crippen molar-refractivity contribution < 1.29 is 9.53 Å². The van der Waals surface area contributed by atoms with E-state index in [1.54, 1.807) is 31.4 Å². The Kier molecular flexibility index (Phi) is 7.58. The van der Waals surface area contributed by atoms with Crippen LogP contribution in [0, 0.1) is 11.3 Å². The van der Waals surface area contributed by atoms with Gasteiger partial charge in [-0.15, -0.1) is 10.2 Å². The number of methoxy groups -OCH3 is 1. The Hall–Kier alpha value is -4.09. The van der Waals surface area contributed by atoms with Gasteiger partial charge in [0.1, 0.15) is 5.75 Å². The maximum atomic E-state index is 12.6. The summed E-state index contributed by atoms with van der Waals surface area (Å²) in [5.41, 5.74) is 3.13. The second kappa shape index (κ2) is 11.2. The number of carbonyl (C=O) groups is 1. The molecular formula is C26H23N5O2S. The van der Waals surface area contributed by atoms with E-state index in [1.807, 2.05) is 47.0 Å². The van der Waals surface area contributed by atoms with Gasteiger partial charge in [-0.25, -0.2) is 0 Å². The van der Waals surface area contributed by atoms with Gasteiger partial charge < -0.3 is 14.6 Å². The van der Waals surface area contributed by atoms with E-state index in [9.17, 15) is 4.79 Å². The lowest BCUT2D eigenvalue weighted by Crippen LogP contribution is -2.15. The lowest BCUT2D eigenvalue weighted by Gasteiger charge is -2.12. The molecular weight excluding hydrogens is 446 g/mol. The first kappa shape index (κ1) is 23.1. The van der Waals surface area contributed by atoms with Crippen LogP contribution >= 0.6 is 11.8 Å². The van der Waals surface area contributed by atoms with Crippen LogP contribution in [0.5, 0.6) is 5.75 Å². The molecule has 0 aliphatic rings. The van der Waals surface area contributed by atoms with E-state index in [2.05, 4.69) is 33.7 Å². The number of thioether (sulfide) groups is 1. The Labute approximate surface area is 202 Å². The maximum absolute atomic E-state index is 12.6. The van der Waals surface area contributed by atoms with Crippen molar-refractivity contribution >= 4 is 23.4 Å².